The molecule has 7 nitrogen and oxygen atoms in total. The smallest absolute Gasteiger partial charge is 0.325 e. The molecule has 0 fully saturated rings. The van der Waals surface area contributed by atoms with Crippen LogP contribution in [0.25, 0.3) is 10.2 Å². The SMILES string of the molecule is Cc1cc(NC(=O)CSc2sc3c(=O)[nH]c(=O)[nH]c3c2C#N)ccc1Br. The van der Waals surface area contributed by atoms with Gasteiger partial charge >= 0.3 is 5.69 Å². The van der Waals surface area contributed by atoms with Crippen LogP contribution < -0.4 is 16.6 Å². The number of aryl methyl sites for hydroxylation is 1. The molecule has 2 aromatic heterocycles. The van der Waals surface area contributed by atoms with Crippen LogP contribution in [-0.4, -0.2) is 21.6 Å². The fraction of sp³-hybridized carbons (Fsp3) is 0.125. The first-order valence-electron chi connectivity index (χ1n) is 7.27. The lowest BCUT2D eigenvalue weighted by Crippen LogP contribution is -2.20. The molecule has 0 unspecified atom stereocenters. The zero-order valence-corrected chi connectivity index (χ0v) is 16.5. The van der Waals surface area contributed by atoms with Gasteiger partial charge in [-0.2, -0.15) is 5.26 Å². The summed E-state index contributed by atoms with van der Waals surface area (Å²) in [7, 11) is 0. The number of halogens is 1. The van der Waals surface area contributed by atoms with E-state index in [1.54, 1.807) is 6.07 Å². The molecular formula is C16H11BrN4O3S2. The Labute approximate surface area is 163 Å². The number of nitrogens with zero attached hydrogens (tertiary/aromatic N) is 1. The second-order valence-electron chi connectivity index (χ2n) is 5.29. The number of H-pyrrole nitrogens is 2. The van der Waals surface area contributed by atoms with Crippen molar-refractivity contribution in [3.05, 3.63) is 54.6 Å². The van der Waals surface area contributed by atoms with Gasteiger partial charge in [0.1, 0.15) is 16.3 Å². The number of rotatable bonds is 4. The third kappa shape index (κ3) is 3.75. The number of hydrogen-bond donors (Lipinski definition) is 3. The van der Waals surface area contributed by atoms with Gasteiger partial charge in [0.2, 0.25) is 5.91 Å². The van der Waals surface area contributed by atoms with E-state index >= 15 is 0 Å². The number of carbonyl (C=O) groups excluding carboxylic acids is 1. The molecule has 26 heavy (non-hydrogen) atoms. The minimum absolute atomic E-state index is 0.0682. The van der Waals surface area contributed by atoms with E-state index in [0.717, 1.165) is 33.1 Å². The largest absolute Gasteiger partial charge is 0.326 e. The van der Waals surface area contributed by atoms with Crippen LogP contribution in [0.15, 0.2) is 36.5 Å². The van der Waals surface area contributed by atoms with Crippen LogP contribution in [0.2, 0.25) is 0 Å². The zero-order chi connectivity index (χ0) is 18.8. The summed E-state index contributed by atoms with van der Waals surface area (Å²) in [5.41, 5.74) is 0.857. The van der Waals surface area contributed by atoms with Crippen molar-refractivity contribution < 1.29 is 4.79 Å². The molecule has 3 aromatic rings. The number of fused-ring (bicyclic) bond motifs is 1. The number of nitriles is 1. The predicted octanol–water partition coefficient (Wildman–Crippen LogP) is 2.95. The van der Waals surface area contributed by atoms with Gasteiger partial charge in [-0.15, -0.1) is 23.1 Å². The van der Waals surface area contributed by atoms with Crippen molar-refractivity contribution in [2.45, 2.75) is 11.1 Å². The van der Waals surface area contributed by atoms with Crippen LogP contribution in [0.3, 0.4) is 0 Å². The summed E-state index contributed by atoms with van der Waals surface area (Å²) >= 11 is 5.62. The summed E-state index contributed by atoms with van der Waals surface area (Å²) in [5.74, 6) is -0.167. The highest BCUT2D eigenvalue weighted by molar-refractivity contribution is 9.10. The van der Waals surface area contributed by atoms with Crippen LogP contribution >= 0.6 is 39.0 Å². The highest BCUT2D eigenvalue weighted by atomic mass is 79.9. The summed E-state index contributed by atoms with van der Waals surface area (Å²) in [6, 6.07) is 7.46. The molecule has 0 saturated carbocycles. The maximum absolute atomic E-state index is 12.2. The molecule has 0 radical (unpaired) electrons. The molecule has 0 aliphatic carbocycles. The number of amides is 1. The van der Waals surface area contributed by atoms with Gasteiger partial charge < -0.3 is 10.3 Å². The van der Waals surface area contributed by atoms with Crippen molar-refractivity contribution in [2.24, 2.45) is 0 Å². The zero-order valence-electron chi connectivity index (χ0n) is 13.3. The Balaban J connectivity index is 1.79. The van der Waals surface area contributed by atoms with Crippen molar-refractivity contribution in [3.8, 4) is 6.07 Å². The summed E-state index contributed by atoms with van der Waals surface area (Å²) < 4.78 is 1.72. The summed E-state index contributed by atoms with van der Waals surface area (Å²) in [5, 5.41) is 12.1. The number of hydrogen-bond acceptors (Lipinski definition) is 6. The number of nitrogens with one attached hydrogen (secondary N) is 3. The number of aromatic amines is 2. The van der Waals surface area contributed by atoms with E-state index in [9.17, 15) is 19.6 Å². The maximum atomic E-state index is 12.2. The van der Waals surface area contributed by atoms with Crippen molar-refractivity contribution in [1.29, 1.82) is 5.26 Å². The van der Waals surface area contributed by atoms with Crippen LogP contribution in [0, 0.1) is 18.3 Å². The third-order valence-electron chi connectivity index (χ3n) is 3.44. The summed E-state index contributed by atoms with van der Waals surface area (Å²) in [4.78, 5) is 40.0. The molecule has 0 bridgehead atoms. The van der Waals surface area contributed by atoms with Crippen molar-refractivity contribution >= 4 is 60.8 Å². The van der Waals surface area contributed by atoms with Crippen LogP contribution in [0.1, 0.15) is 11.1 Å². The molecule has 3 N–H and O–H groups in total. The van der Waals surface area contributed by atoms with Gasteiger partial charge in [0.15, 0.2) is 0 Å². The third-order valence-corrected chi connectivity index (χ3v) is 6.78. The van der Waals surface area contributed by atoms with E-state index in [-0.39, 0.29) is 27.4 Å². The highest BCUT2D eigenvalue weighted by Gasteiger charge is 2.17. The normalized spacial score (nSPS) is 10.7. The Hall–Kier alpha value is -2.35. The first-order chi connectivity index (χ1) is 12.4. The molecule has 0 atom stereocenters. The molecule has 0 aliphatic heterocycles. The van der Waals surface area contributed by atoms with Gasteiger partial charge in [-0.3, -0.25) is 14.6 Å². The average Bonchev–Trinajstić information content (AvgIpc) is 2.94. The van der Waals surface area contributed by atoms with Gasteiger partial charge in [-0.1, -0.05) is 15.9 Å². The van der Waals surface area contributed by atoms with Crippen LogP contribution in [-0.2, 0) is 4.79 Å². The Morgan fingerprint density at radius 3 is 2.85 bits per heavy atom. The monoisotopic (exact) mass is 450 g/mol. The quantitative estimate of drug-likeness (QED) is 0.527. The molecule has 3 rings (SSSR count). The topological polar surface area (TPSA) is 119 Å². The van der Waals surface area contributed by atoms with Crippen molar-refractivity contribution in [3.63, 3.8) is 0 Å². The lowest BCUT2D eigenvalue weighted by Gasteiger charge is -2.06. The van der Waals surface area contributed by atoms with Gasteiger partial charge in [-0.25, -0.2) is 4.79 Å². The van der Waals surface area contributed by atoms with E-state index in [0.29, 0.717) is 9.90 Å². The van der Waals surface area contributed by atoms with E-state index in [1.807, 2.05) is 25.1 Å². The Morgan fingerprint density at radius 1 is 1.38 bits per heavy atom. The lowest BCUT2D eigenvalue weighted by molar-refractivity contribution is -0.113. The summed E-state index contributed by atoms with van der Waals surface area (Å²) in [6.07, 6.45) is 0. The van der Waals surface area contributed by atoms with Gasteiger partial charge in [0, 0.05) is 10.2 Å². The van der Waals surface area contributed by atoms with E-state index < -0.39 is 11.2 Å². The van der Waals surface area contributed by atoms with Gasteiger partial charge in [0.05, 0.1) is 15.5 Å². The number of aromatic nitrogens is 2. The minimum Gasteiger partial charge on any atom is -0.325 e. The number of thioether (sulfide) groups is 1. The molecule has 10 heteroatoms. The molecule has 1 aromatic carbocycles. The summed E-state index contributed by atoms with van der Waals surface area (Å²) in [6.45, 7) is 1.92. The van der Waals surface area contributed by atoms with Crippen LogP contribution in [0.5, 0.6) is 0 Å². The van der Waals surface area contributed by atoms with E-state index in [1.165, 1.54) is 0 Å². The van der Waals surface area contributed by atoms with Crippen LogP contribution in [0.4, 0.5) is 5.69 Å². The molecule has 0 aliphatic rings. The standard InChI is InChI=1S/C16H11BrN4O3S2/c1-7-4-8(2-3-10(7)17)19-11(22)6-25-15-9(5-18)12-13(26-15)14(23)21-16(24)20-12/h2-4H,6H2,1H3,(H,19,22)(H2,20,21,23,24). The lowest BCUT2D eigenvalue weighted by atomic mass is 10.2. The average molecular weight is 451 g/mol. The van der Waals surface area contributed by atoms with Crippen molar-refractivity contribution in [2.75, 3.05) is 11.1 Å². The first-order valence-corrected chi connectivity index (χ1v) is 9.86. The highest BCUT2D eigenvalue weighted by Crippen LogP contribution is 2.34. The fourth-order valence-corrected chi connectivity index (χ4v) is 4.62. The molecule has 1 amide bonds. The maximum Gasteiger partial charge on any atom is 0.326 e. The molecule has 132 valence electrons. The van der Waals surface area contributed by atoms with Gasteiger partial charge in [-0.05, 0) is 30.7 Å². The van der Waals surface area contributed by atoms with E-state index in [4.69, 9.17) is 0 Å². The number of anilines is 1. The minimum atomic E-state index is -0.670. The number of benzene rings is 1. The Bertz CT molecular complexity index is 1170. The second kappa shape index (κ2) is 7.49. The molecule has 0 spiro atoms. The molecule has 0 saturated heterocycles. The molecular weight excluding hydrogens is 440 g/mol. The second-order valence-corrected chi connectivity index (χ2v) is 8.41. The predicted molar refractivity (Wildman–Crippen MR) is 106 cm³/mol. The van der Waals surface area contributed by atoms with Crippen molar-refractivity contribution in [1.82, 2.24) is 9.97 Å². The Kier molecular flexibility index (Phi) is 5.31. The number of carbonyl (C=O) groups is 1. The fourth-order valence-electron chi connectivity index (χ4n) is 2.25. The van der Waals surface area contributed by atoms with E-state index in [2.05, 4.69) is 31.2 Å². The Morgan fingerprint density at radius 2 is 2.15 bits per heavy atom. The first kappa shape index (κ1) is 18.4. The molecule has 2 heterocycles. The number of thiophene rings is 1. The van der Waals surface area contributed by atoms with Gasteiger partial charge in [0.25, 0.3) is 5.56 Å².